The average molecular weight is 437 g/mol. The monoisotopic (exact) mass is 436 g/mol. The van der Waals surface area contributed by atoms with Gasteiger partial charge >= 0.3 is 0 Å². The Morgan fingerprint density at radius 1 is 1.06 bits per heavy atom. The number of hydrogen-bond donors (Lipinski definition) is 2. The van der Waals surface area contributed by atoms with Crippen molar-refractivity contribution in [2.24, 2.45) is 5.92 Å². The second-order valence-corrected chi connectivity index (χ2v) is 8.35. The van der Waals surface area contributed by atoms with Crippen molar-refractivity contribution in [1.29, 1.82) is 0 Å². The fourth-order valence-electron chi connectivity index (χ4n) is 4.32. The molecule has 1 aliphatic carbocycles. The number of aromatic nitrogens is 1. The second-order valence-electron chi connectivity index (χ2n) is 8.35. The minimum absolute atomic E-state index is 0.0344. The maximum atomic E-state index is 12.9. The van der Waals surface area contributed by atoms with E-state index in [-0.39, 0.29) is 36.3 Å². The van der Waals surface area contributed by atoms with Gasteiger partial charge in [-0.05, 0) is 56.4 Å². The number of carbonyl (C=O) groups is 3. The van der Waals surface area contributed by atoms with E-state index in [0.29, 0.717) is 43.1 Å². The van der Waals surface area contributed by atoms with Crippen LogP contribution in [0.15, 0.2) is 42.6 Å². The summed E-state index contributed by atoms with van der Waals surface area (Å²) in [6.45, 7) is 3.27. The lowest BCUT2D eigenvalue weighted by Gasteiger charge is -2.38. The lowest BCUT2D eigenvalue weighted by atomic mass is 9.84. The lowest BCUT2D eigenvalue weighted by Crippen LogP contribution is -2.49. The highest BCUT2D eigenvalue weighted by Gasteiger charge is 2.33. The number of hydrogen-bond acceptors (Lipinski definition) is 5. The van der Waals surface area contributed by atoms with Gasteiger partial charge in [-0.1, -0.05) is 18.2 Å². The molecule has 1 saturated carbocycles. The maximum Gasteiger partial charge on any atom is 0.258 e. The number of ether oxygens (including phenoxy) is 1. The van der Waals surface area contributed by atoms with Gasteiger partial charge in [-0.3, -0.25) is 14.4 Å². The molecule has 8 nitrogen and oxygen atoms in total. The van der Waals surface area contributed by atoms with Crippen LogP contribution in [0.5, 0.6) is 0 Å². The Hall–Kier alpha value is -3.26. The molecule has 0 atom stereocenters. The molecule has 1 aromatic heterocycles. The Bertz CT molecular complexity index is 984. The third-order valence-corrected chi connectivity index (χ3v) is 6.11. The normalized spacial score (nSPS) is 21.2. The summed E-state index contributed by atoms with van der Waals surface area (Å²) in [6, 6.07) is 10.8. The van der Waals surface area contributed by atoms with E-state index in [1.807, 2.05) is 17.9 Å². The van der Waals surface area contributed by atoms with Gasteiger partial charge in [-0.25, -0.2) is 4.98 Å². The van der Waals surface area contributed by atoms with E-state index in [1.54, 1.807) is 36.5 Å². The SMILES string of the molecule is Cc1ccc(NC(=O)c2ccccc2NC(=O)[C@H]2CC[C@H](N3CCOCC3=O)CC2)nc1. The molecule has 168 valence electrons. The number of morpholine rings is 1. The van der Waals surface area contributed by atoms with Gasteiger partial charge in [-0.2, -0.15) is 0 Å². The second kappa shape index (κ2) is 9.91. The Morgan fingerprint density at radius 3 is 2.56 bits per heavy atom. The third kappa shape index (κ3) is 5.13. The number of rotatable bonds is 5. The number of nitrogens with zero attached hydrogens (tertiary/aromatic N) is 2. The lowest BCUT2D eigenvalue weighted by molar-refractivity contribution is -0.146. The van der Waals surface area contributed by atoms with Crippen LogP contribution < -0.4 is 10.6 Å². The number of pyridine rings is 1. The number of nitrogens with one attached hydrogen (secondary N) is 2. The van der Waals surface area contributed by atoms with Crippen LogP contribution in [0.4, 0.5) is 11.5 Å². The minimum Gasteiger partial charge on any atom is -0.370 e. The number of carbonyl (C=O) groups excluding carboxylic acids is 3. The Labute approximate surface area is 187 Å². The first-order valence-corrected chi connectivity index (χ1v) is 11.0. The molecule has 0 radical (unpaired) electrons. The van der Waals surface area contributed by atoms with Crippen molar-refractivity contribution in [3.8, 4) is 0 Å². The molecule has 1 saturated heterocycles. The first kappa shape index (κ1) is 22.0. The fraction of sp³-hybridized carbons (Fsp3) is 0.417. The van der Waals surface area contributed by atoms with E-state index in [2.05, 4.69) is 15.6 Å². The van der Waals surface area contributed by atoms with Crippen molar-refractivity contribution in [3.05, 3.63) is 53.7 Å². The van der Waals surface area contributed by atoms with Crippen molar-refractivity contribution in [1.82, 2.24) is 9.88 Å². The molecule has 2 heterocycles. The van der Waals surface area contributed by atoms with Crippen LogP contribution in [0.3, 0.4) is 0 Å². The molecular formula is C24H28N4O4. The standard InChI is InChI=1S/C24H28N4O4/c1-16-6-11-21(25-14-16)27-24(31)19-4-2-3-5-20(19)26-23(30)17-7-9-18(10-8-17)28-12-13-32-15-22(28)29/h2-6,11,14,17-18H,7-10,12-13,15H2,1H3,(H,26,30)(H,25,27,31)/t17-,18-. The first-order valence-electron chi connectivity index (χ1n) is 11.0. The zero-order valence-corrected chi connectivity index (χ0v) is 18.2. The molecule has 8 heteroatoms. The Morgan fingerprint density at radius 2 is 1.84 bits per heavy atom. The molecule has 4 rings (SSSR count). The van der Waals surface area contributed by atoms with Crippen LogP contribution in [0, 0.1) is 12.8 Å². The number of benzene rings is 1. The van der Waals surface area contributed by atoms with Gasteiger partial charge in [-0.15, -0.1) is 0 Å². The molecule has 0 spiro atoms. The van der Waals surface area contributed by atoms with Gasteiger partial charge in [0.2, 0.25) is 11.8 Å². The van der Waals surface area contributed by atoms with E-state index in [4.69, 9.17) is 4.74 Å². The van der Waals surface area contributed by atoms with Gasteiger partial charge < -0.3 is 20.3 Å². The summed E-state index contributed by atoms with van der Waals surface area (Å²) in [5.74, 6) is -0.0700. The van der Waals surface area contributed by atoms with Crippen LogP contribution in [0.25, 0.3) is 0 Å². The predicted octanol–water partition coefficient (Wildman–Crippen LogP) is 3.00. The van der Waals surface area contributed by atoms with E-state index < -0.39 is 0 Å². The van der Waals surface area contributed by atoms with Crippen molar-refractivity contribution in [3.63, 3.8) is 0 Å². The summed E-state index contributed by atoms with van der Waals surface area (Å²) in [5, 5.41) is 5.71. The van der Waals surface area contributed by atoms with E-state index in [0.717, 1.165) is 18.4 Å². The number of aryl methyl sites for hydroxylation is 1. The molecule has 32 heavy (non-hydrogen) atoms. The Balaban J connectivity index is 1.36. The molecule has 3 amide bonds. The van der Waals surface area contributed by atoms with Crippen LogP contribution in [-0.2, 0) is 14.3 Å². The maximum absolute atomic E-state index is 12.9. The molecule has 1 aromatic carbocycles. The molecule has 2 aromatic rings. The van der Waals surface area contributed by atoms with E-state index >= 15 is 0 Å². The molecule has 0 unspecified atom stereocenters. The average Bonchev–Trinajstić information content (AvgIpc) is 2.81. The first-order chi connectivity index (χ1) is 15.5. The molecule has 2 N–H and O–H groups in total. The quantitative estimate of drug-likeness (QED) is 0.751. The number of para-hydroxylation sites is 1. The zero-order valence-electron chi connectivity index (χ0n) is 18.2. The fourth-order valence-corrected chi connectivity index (χ4v) is 4.32. The van der Waals surface area contributed by atoms with Gasteiger partial charge in [0.25, 0.3) is 5.91 Å². The van der Waals surface area contributed by atoms with Crippen LogP contribution in [0.1, 0.15) is 41.6 Å². The van der Waals surface area contributed by atoms with Crippen molar-refractivity contribution >= 4 is 29.2 Å². The molecule has 2 fully saturated rings. The van der Waals surface area contributed by atoms with E-state index in [1.165, 1.54) is 0 Å². The van der Waals surface area contributed by atoms with E-state index in [9.17, 15) is 14.4 Å². The molecule has 0 bridgehead atoms. The van der Waals surface area contributed by atoms with Gasteiger partial charge in [0.05, 0.1) is 17.9 Å². The molecule has 1 aliphatic heterocycles. The topological polar surface area (TPSA) is 101 Å². The van der Waals surface area contributed by atoms with Gasteiger partial charge in [0.1, 0.15) is 12.4 Å². The number of amides is 3. The smallest absolute Gasteiger partial charge is 0.258 e. The van der Waals surface area contributed by atoms with Crippen LogP contribution in [0.2, 0.25) is 0 Å². The number of anilines is 2. The highest BCUT2D eigenvalue weighted by atomic mass is 16.5. The largest absolute Gasteiger partial charge is 0.370 e. The summed E-state index contributed by atoms with van der Waals surface area (Å²) in [7, 11) is 0. The van der Waals surface area contributed by atoms with Crippen LogP contribution in [-0.4, -0.2) is 53.4 Å². The summed E-state index contributed by atoms with van der Waals surface area (Å²) in [4.78, 5) is 43.9. The molecule has 2 aliphatic rings. The van der Waals surface area contributed by atoms with Crippen molar-refractivity contribution < 1.29 is 19.1 Å². The van der Waals surface area contributed by atoms with Crippen molar-refractivity contribution in [2.45, 2.75) is 38.6 Å². The summed E-state index contributed by atoms with van der Waals surface area (Å²) >= 11 is 0. The Kier molecular flexibility index (Phi) is 6.80. The summed E-state index contributed by atoms with van der Waals surface area (Å²) < 4.78 is 5.21. The highest BCUT2D eigenvalue weighted by Crippen LogP contribution is 2.30. The summed E-state index contributed by atoms with van der Waals surface area (Å²) in [5.41, 5.74) is 1.87. The van der Waals surface area contributed by atoms with Gasteiger partial charge in [0, 0.05) is 24.7 Å². The van der Waals surface area contributed by atoms with Crippen LogP contribution >= 0.6 is 0 Å². The highest BCUT2D eigenvalue weighted by molar-refractivity contribution is 6.10. The van der Waals surface area contributed by atoms with Gasteiger partial charge in [0.15, 0.2) is 0 Å². The zero-order chi connectivity index (χ0) is 22.5. The third-order valence-electron chi connectivity index (χ3n) is 6.11. The summed E-state index contributed by atoms with van der Waals surface area (Å²) in [6.07, 6.45) is 4.70. The van der Waals surface area contributed by atoms with Crippen molar-refractivity contribution in [2.75, 3.05) is 30.4 Å². The minimum atomic E-state index is -0.327. The predicted molar refractivity (Wildman–Crippen MR) is 120 cm³/mol. The molecular weight excluding hydrogens is 408 g/mol.